The molecule has 1 amide bonds. The Balaban J connectivity index is 1.69. The summed E-state index contributed by atoms with van der Waals surface area (Å²) in [5.41, 5.74) is 3.43. The van der Waals surface area contributed by atoms with Gasteiger partial charge in [0.05, 0.1) is 11.0 Å². The predicted octanol–water partition coefficient (Wildman–Crippen LogP) is 5.76. The van der Waals surface area contributed by atoms with Gasteiger partial charge in [0, 0.05) is 20.7 Å². The van der Waals surface area contributed by atoms with Crippen LogP contribution in [0.15, 0.2) is 77.3 Å². The summed E-state index contributed by atoms with van der Waals surface area (Å²) in [7, 11) is 0. The monoisotopic (exact) mass is 439 g/mol. The molecule has 0 saturated carbocycles. The molecule has 0 unspecified atom stereocenters. The number of anilines is 1. The number of nitrogens with zero attached hydrogens (tertiary/aromatic N) is 2. The third-order valence-electron chi connectivity index (χ3n) is 4.19. The van der Waals surface area contributed by atoms with Crippen LogP contribution in [0.1, 0.15) is 0 Å². The number of rotatable bonds is 4. The zero-order chi connectivity index (χ0) is 18.8. The van der Waals surface area contributed by atoms with Crippen LogP contribution in [0.3, 0.4) is 0 Å². The molecule has 1 N–H and O–H groups in total. The number of benzene rings is 3. The Morgan fingerprint density at radius 2 is 1.70 bits per heavy atom. The largest absolute Gasteiger partial charge is 0.325 e. The van der Waals surface area contributed by atoms with Gasteiger partial charge in [0.15, 0.2) is 0 Å². The van der Waals surface area contributed by atoms with E-state index < -0.39 is 0 Å². The zero-order valence-electron chi connectivity index (χ0n) is 14.2. The molecule has 1 aromatic heterocycles. The lowest BCUT2D eigenvalue weighted by molar-refractivity contribution is -0.116. The maximum atomic E-state index is 12.6. The van der Waals surface area contributed by atoms with E-state index >= 15 is 0 Å². The second kappa shape index (κ2) is 7.55. The van der Waals surface area contributed by atoms with E-state index in [-0.39, 0.29) is 12.5 Å². The molecule has 4 rings (SSSR count). The minimum absolute atomic E-state index is 0.126. The van der Waals surface area contributed by atoms with Crippen molar-refractivity contribution >= 4 is 50.2 Å². The molecule has 4 nitrogen and oxygen atoms in total. The molecule has 4 aromatic rings. The summed E-state index contributed by atoms with van der Waals surface area (Å²) in [5, 5.41) is 3.54. The number of carbonyl (C=O) groups excluding carboxylic acids is 1. The standard InChI is InChI=1S/C21H15BrClN3O/c22-15-7-5-14(6-8-15)21-25-18-3-1-2-4-19(18)26(21)13-20(27)24-17-11-9-16(23)10-12-17/h1-12H,13H2,(H,24,27). The van der Waals surface area contributed by atoms with Crippen LogP contribution in [0, 0.1) is 0 Å². The highest BCUT2D eigenvalue weighted by molar-refractivity contribution is 9.10. The van der Waals surface area contributed by atoms with Gasteiger partial charge < -0.3 is 9.88 Å². The van der Waals surface area contributed by atoms with Crippen molar-refractivity contribution in [2.45, 2.75) is 6.54 Å². The highest BCUT2D eigenvalue weighted by atomic mass is 79.9. The van der Waals surface area contributed by atoms with Gasteiger partial charge >= 0.3 is 0 Å². The lowest BCUT2D eigenvalue weighted by atomic mass is 10.2. The fourth-order valence-electron chi connectivity index (χ4n) is 2.93. The van der Waals surface area contributed by atoms with Crippen LogP contribution in [0.25, 0.3) is 22.4 Å². The lowest BCUT2D eigenvalue weighted by Crippen LogP contribution is -2.19. The lowest BCUT2D eigenvalue weighted by Gasteiger charge is -2.10. The van der Waals surface area contributed by atoms with Gasteiger partial charge in [0.25, 0.3) is 0 Å². The smallest absolute Gasteiger partial charge is 0.244 e. The van der Waals surface area contributed by atoms with Crippen LogP contribution in [0.5, 0.6) is 0 Å². The van der Waals surface area contributed by atoms with E-state index in [0.717, 1.165) is 26.9 Å². The zero-order valence-corrected chi connectivity index (χ0v) is 16.5. The van der Waals surface area contributed by atoms with Crippen LogP contribution in [0.4, 0.5) is 5.69 Å². The number of fused-ring (bicyclic) bond motifs is 1. The normalized spacial score (nSPS) is 10.9. The molecule has 0 aliphatic heterocycles. The SMILES string of the molecule is O=C(Cn1c(-c2ccc(Br)cc2)nc2ccccc21)Nc1ccc(Cl)cc1. The molecule has 1 heterocycles. The van der Waals surface area contributed by atoms with Crippen LogP contribution in [0.2, 0.25) is 5.02 Å². The summed E-state index contributed by atoms with van der Waals surface area (Å²) in [6.07, 6.45) is 0. The van der Waals surface area contributed by atoms with Gasteiger partial charge in [-0.15, -0.1) is 0 Å². The first-order valence-corrected chi connectivity index (χ1v) is 9.54. The van der Waals surface area contributed by atoms with Crippen molar-refractivity contribution in [1.82, 2.24) is 9.55 Å². The van der Waals surface area contributed by atoms with Crippen LogP contribution >= 0.6 is 27.5 Å². The fourth-order valence-corrected chi connectivity index (χ4v) is 3.32. The van der Waals surface area contributed by atoms with E-state index in [0.29, 0.717) is 10.7 Å². The van der Waals surface area contributed by atoms with E-state index in [9.17, 15) is 4.79 Å². The average Bonchev–Trinajstić information content (AvgIpc) is 3.03. The third kappa shape index (κ3) is 3.89. The molecule has 0 bridgehead atoms. The molecular weight excluding hydrogens is 426 g/mol. The summed E-state index contributed by atoms with van der Waals surface area (Å²) in [5.74, 6) is 0.633. The van der Waals surface area contributed by atoms with E-state index in [1.807, 2.05) is 53.1 Å². The second-order valence-corrected chi connectivity index (χ2v) is 7.42. The minimum atomic E-state index is -0.126. The van der Waals surface area contributed by atoms with Crippen molar-refractivity contribution in [2.75, 3.05) is 5.32 Å². The van der Waals surface area contributed by atoms with Gasteiger partial charge in [-0.05, 0) is 48.5 Å². The molecule has 6 heteroatoms. The van der Waals surface area contributed by atoms with E-state index in [1.54, 1.807) is 24.3 Å². The first-order valence-electron chi connectivity index (χ1n) is 8.37. The van der Waals surface area contributed by atoms with Gasteiger partial charge in [-0.25, -0.2) is 4.98 Å². The first-order chi connectivity index (χ1) is 13.1. The van der Waals surface area contributed by atoms with Gasteiger partial charge in [-0.1, -0.05) is 51.8 Å². The maximum absolute atomic E-state index is 12.6. The fraction of sp³-hybridized carbons (Fsp3) is 0.0476. The highest BCUT2D eigenvalue weighted by Crippen LogP contribution is 2.26. The highest BCUT2D eigenvalue weighted by Gasteiger charge is 2.15. The molecule has 0 aliphatic carbocycles. The minimum Gasteiger partial charge on any atom is -0.325 e. The van der Waals surface area contributed by atoms with Crippen LogP contribution in [-0.2, 0) is 11.3 Å². The van der Waals surface area contributed by atoms with Crippen molar-refractivity contribution < 1.29 is 4.79 Å². The Kier molecular flexibility index (Phi) is 4.97. The summed E-state index contributed by atoms with van der Waals surface area (Å²) in [4.78, 5) is 17.4. The Morgan fingerprint density at radius 1 is 1.00 bits per heavy atom. The number of para-hydroxylation sites is 2. The molecule has 0 fully saturated rings. The second-order valence-electron chi connectivity index (χ2n) is 6.07. The molecule has 0 aliphatic rings. The van der Waals surface area contributed by atoms with Crippen LogP contribution < -0.4 is 5.32 Å². The number of nitrogens with one attached hydrogen (secondary N) is 1. The predicted molar refractivity (Wildman–Crippen MR) is 113 cm³/mol. The van der Waals surface area contributed by atoms with Crippen molar-refractivity contribution in [3.05, 3.63) is 82.3 Å². The Labute approximate surface area is 169 Å². The van der Waals surface area contributed by atoms with Crippen molar-refractivity contribution in [3.63, 3.8) is 0 Å². The van der Waals surface area contributed by atoms with Crippen molar-refractivity contribution in [3.8, 4) is 11.4 Å². The number of hydrogen-bond acceptors (Lipinski definition) is 2. The molecule has 134 valence electrons. The number of imidazole rings is 1. The summed E-state index contributed by atoms with van der Waals surface area (Å²) in [6.45, 7) is 0.161. The molecule has 0 saturated heterocycles. The Bertz CT molecular complexity index is 1100. The maximum Gasteiger partial charge on any atom is 0.244 e. The van der Waals surface area contributed by atoms with Gasteiger partial charge in [0.2, 0.25) is 5.91 Å². The van der Waals surface area contributed by atoms with Crippen molar-refractivity contribution in [1.29, 1.82) is 0 Å². The van der Waals surface area contributed by atoms with E-state index in [4.69, 9.17) is 16.6 Å². The number of carbonyl (C=O) groups is 1. The number of hydrogen-bond donors (Lipinski definition) is 1. The molecule has 0 radical (unpaired) electrons. The molecular formula is C21H15BrClN3O. The molecule has 0 atom stereocenters. The summed E-state index contributed by atoms with van der Waals surface area (Å²) < 4.78 is 2.93. The summed E-state index contributed by atoms with van der Waals surface area (Å²) in [6, 6.07) is 22.8. The third-order valence-corrected chi connectivity index (χ3v) is 4.97. The van der Waals surface area contributed by atoms with E-state index in [1.165, 1.54) is 0 Å². The van der Waals surface area contributed by atoms with Gasteiger partial charge in [0.1, 0.15) is 12.4 Å². The number of aromatic nitrogens is 2. The molecule has 0 spiro atoms. The van der Waals surface area contributed by atoms with Gasteiger partial charge in [-0.2, -0.15) is 0 Å². The topological polar surface area (TPSA) is 46.9 Å². The van der Waals surface area contributed by atoms with E-state index in [2.05, 4.69) is 21.2 Å². The quantitative estimate of drug-likeness (QED) is 0.439. The van der Waals surface area contributed by atoms with Gasteiger partial charge in [-0.3, -0.25) is 4.79 Å². The van der Waals surface area contributed by atoms with Crippen LogP contribution in [-0.4, -0.2) is 15.5 Å². The summed E-state index contributed by atoms with van der Waals surface area (Å²) >= 11 is 9.35. The molecule has 27 heavy (non-hydrogen) atoms. The van der Waals surface area contributed by atoms with Crippen molar-refractivity contribution in [2.24, 2.45) is 0 Å². The average molecular weight is 441 g/mol. The number of halogens is 2. The molecule has 3 aromatic carbocycles. The Morgan fingerprint density at radius 3 is 2.44 bits per heavy atom. The first kappa shape index (κ1) is 17.8. The number of amides is 1. The Hall–Kier alpha value is -2.63.